The number of halogens is 1. The molecule has 1 aromatic rings. The first-order valence-electron chi connectivity index (χ1n) is 4.84. The summed E-state index contributed by atoms with van der Waals surface area (Å²) in [5, 5.41) is 8.93. The molecule has 3 nitrogen and oxygen atoms in total. The lowest BCUT2D eigenvalue weighted by Gasteiger charge is -2.20. The highest BCUT2D eigenvalue weighted by molar-refractivity contribution is 9.10. The van der Waals surface area contributed by atoms with E-state index in [0.29, 0.717) is 6.54 Å². The van der Waals surface area contributed by atoms with Gasteiger partial charge in [-0.3, -0.25) is 0 Å². The minimum Gasteiger partial charge on any atom is -0.368 e. The molecule has 0 aliphatic carbocycles. The van der Waals surface area contributed by atoms with Crippen molar-refractivity contribution in [1.82, 2.24) is 0 Å². The lowest BCUT2D eigenvalue weighted by Crippen LogP contribution is -2.41. The number of benzene rings is 1. The zero-order chi connectivity index (χ0) is 10.9. The second-order valence-electron chi connectivity index (χ2n) is 3.92. The average molecular weight is 266 g/mol. The van der Waals surface area contributed by atoms with E-state index in [2.05, 4.69) is 26.9 Å². The summed E-state index contributed by atoms with van der Waals surface area (Å²) in [4.78, 5) is 2.15. The van der Waals surface area contributed by atoms with Crippen molar-refractivity contribution in [2.45, 2.75) is 12.0 Å². The normalized spacial score (nSPS) is 25.3. The van der Waals surface area contributed by atoms with Crippen LogP contribution < -0.4 is 10.6 Å². The van der Waals surface area contributed by atoms with Crippen LogP contribution in [0, 0.1) is 11.3 Å². The molecule has 1 heterocycles. The van der Waals surface area contributed by atoms with Gasteiger partial charge < -0.3 is 10.6 Å². The molecule has 1 aromatic carbocycles. The number of nitrogens with zero attached hydrogens (tertiary/aromatic N) is 2. The molecule has 1 aliphatic rings. The van der Waals surface area contributed by atoms with Gasteiger partial charge in [-0.2, -0.15) is 5.26 Å². The van der Waals surface area contributed by atoms with E-state index in [1.165, 1.54) is 0 Å². The van der Waals surface area contributed by atoms with Gasteiger partial charge in [0.2, 0.25) is 0 Å². The first-order valence-corrected chi connectivity index (χ1v) is 5.63. The second kappa shape index (κ2) is 3.84. The van der Waals surface area contributed by atoms with Gasteiger partial charge in [0.25, 0.3) is 0 Å². The SMILES string of the molecule is N#CC1(N)CCN(c2cccc(Br)c2)C1. The fraction of sp³-hybridized carbons (Fsp3) is 0.364. The molecule has 0 amide bonds. The summed E-state index contributed by atoms with van der Waals surface area (Å²) in [6.45, 7) is 1.46. The van der Waals surface area contributed by atoms with Crippen molar-refractivity contribution in [3.05, 3.63) is 28.7 Å². The first-order chi connectivity index (χ1) is 7.13. The molecule has 78 valence electrons. The lowest BCUT2D eigenvalue weighted by molar-refractivity contribution is 0.606. The fourth-order valence-electron chi connectivity index (χ4n) is 1.82. The third kappa shape index (κ3) is 2.14. The van der Waals surface area contributed by atoms with Crippen LogP contribution in [0.15, 0.2) is 28.7 Å². The highest BCUT2D eigenvalue weighted by Gasteiger charge is 2.34. The fourth-order valence-corrected chi connectivity index (χ4v) is 2.20. The van der Waals surface area contributed by atoms with Crippen LogP contribution in [0.5, 0.6) is 0 Å². The van der Waals surface area contributed by atoms with Gasteiger partial charge >= 0.3 is 0 Å². The number of hydrogen-bond acceptors (Lipinski definition) is 3. The molecule has 0 radical (unpaired) electrons. The third-order valence-electron chi connectivity index (χ3n) is 2.70. The zero-order valence-electron chi connectivity index (χ0n) is 8.28. The summed E-state index contributed by atoms with van der Waals surface area (Å²) in [6.07, 6.45) is 0.732. The van der Waals surface area contributed by atoms with E-state index in [4.69, 9.17) is 11.0 Å². The van der Waals surface area contributed by atoms with Crippen molar-refractivity contribution in [3.8, 4) is 6.07 Å². The van der Waals surface area contributed by atoms with Crippen LogP contribution in [-0.2, 0) is 0 Å². The molecule has 4 heteroatoms. The van der Waals surface area contributed by atoms with Gasteiger partial charge in [-0.1, -0.05) is 22.0 Å². The predicted octanol–water partition coefficient (Wildman–Crippen LogP) is 1.88. The van der Waals surface area contributed by atoms with Gasteiger partial charge in [0.15, 0.2) is 0 Å². The molecule has 0 spiro atoms. The summed E-state index contributed by atoms with van der Waals surface area (Å²) in [6, 6.07) is 10.2. The summed E-state index contributed by atoms with van der Waals surface area (Å²) in [5.74, 6) is 0. The van der Waals surface area contributed by atoms with E-state index < -0.39 is 5.54 Å². The van der Waals surface area contributed by atoms with Crippen molar-refractivity contribution in [1.29, 1.82) is 5.26 Å². The molecule has 1 aliphatic heterocycles. The van der Waals surface area contributed by atoms with E-state index in [0.717, 1.165) is 23.1 Å². The maximum atomic E-state index is 8.93. The van der Waals surface area contributed by atoms with E-state index in [-0.39, 0.29) is 0 Å². The quantitative estimate of drug-likeness (QED) is 0.844. The van der Waals surface area contributed by atoms with Crippen molar-refractivity contribution in [2.75, 3.05) is 18.0 Å². The minimum absolute atomic E-state index is 0.611. The predicted molar refractivity (Wildman–Crippen MR) is 63.5 cm³/mol. The standard InChI is InChI=1S/C11H12BrN3/c12-9-2-1-3-10(6-9)15-5-4-11(14,7-13)8-15/h1-3,6H,4-5,8,14H2. The molecular weight excluding hydrogens is 254 g/mol. The number of hydrogen-bond donors (Lipinski definition) is 1. The maximum absolute atomic E-state index is 8.93. The largest absolute Gasteiger partial charge is 0.368 e. The van der Waals surface area contributed by atoms with Gasteiger partial charge in [0.05, 0.1) is 6.07 Å². The van der Waals surface area contributed by atoms with Crippen molar-refractivity contribution in [2.24, 2.45) is 5.73 Å². The Balaban J connectivity index is 2.19. The number of rotatable bonds is 1. The number of anilines is 1. The van der Waals surface area contributed by atoms with Crippen LogP contribution in [0.25, 0.3) is 0 Å². The molecular formula is C11H12BrN3. The Morgan fingerprint density at radius 2 is 2.33 bits per heavy atom. The average Bonchev–Trinajstić information content (AvgIpc) is 2.62. The Labute approximate surface area is 97.6 Å². The molecule has 1 atom stereocenters. The van der Waals surface area contributed by atoms with Crippen LogP contribution in [0.4, 0.5) is 5.69 Å². The minimum atomic E-state index is -0.678. The van der Waals surface area contributed by atoms with E-state index in [1.807, 2.05) is 24.3 Å². The second-order valence-corrected chi connectivity index (χ2v) is 4.84. The molecule has 1 saturated heterocycles. The van der Waals surface area contributed by atoms with Crippen LogP contribution in [0.1, 0.15) is 6.42 Å². The van der Waals surface area contributed by atoms with Gasteiger partial charge in [-0.15, -0.1) is 0 Å². The molecule has 2 N–H and O–H groups in total. The number of nitriles is 1. The van der Waals surface area contributed by atoms with Crippen LogP contribution in [0.2, 0.25) is 0 Å². The summed E-state index contributed by atoms with van der Waals surface area (Å²) >= 11 is 3.43. The Morgan fingerprint density at radius 1 is 1.53 bits per heavy atom. The zero-order valence-corrected chi connectivity index (χ0v) is 9.87. The summed E-state index contributed by atoms with van der Waals surface area (Å²) in [5.41, 5.74) is 6.35. The monoisotopic (exact) mass is 265 g/mol. The first kappa shape index (κ1) is 10.5. The summed E-state index contributed by atoms with van der Waals surface area (Å²) in [7, 11) is 0. The molecule has 0 saturated carbocycles. The Morgan fingerprint density at radius 3 is 2.93 bits per heavy atom. The highest BCUT2D eigenvalue weighted by Crippen LogP contribution is 2.26. The van der Waals surface area contributed by atoms with Gasteiger partial charge in [0.1, 0.15) is 5.54 Å². The summed E-state index contributed by atoms with van der Waals surface area (Å²) < 4.78 is 1.05. The molecule has 0 aromatic heterocycles. The third-order valence-corrected chi connectivity index (χ3v) is 3.19. The van der Waals surface area contributed by atoms with Crippen molar-refractivity contribution >= 4 is 21.6 Å². The Bertz CT molecular complexity index is 413. The molecule has 1 fully saturated rings. The molecule has 1 unspecified atom stereocenters. The van der Waals surface area contributed by atoms with Gasteiger partial charge in [0, 0.05) is 23.2 Å². The topological polar surface area (TPSA) is 53.1 Å². The lowest BCUT2D eigenvalue weighted by atomic mass is 10.0. The van der Waals surface area contributed by atoms with Crippen LogP contribution >= 0.6 is 15.9 Å². The van der Waals surface area contributed by atoms with Crippen molar-refractivity contribution in [3.63, 3.8) is 0 Å². The molecule has 15 heavy (non-hydrogen) atoms. The van der Waals surface area contributed by atoms with Gasteiger partial charge in [-0.25, -0.2) is 0 Å². The Kier molecular flexibility index (Phi) is 2.68. The number of nitrogens with two attached hydrogens (primary N) is 1. The van der Waals surface area contributed by atoms with Crippen LogP contribution in [-0.4, -0.2) is 18.6 Å². The van der Waals surface area contributed by atoms with Crippen molar-refractivity contribution < 1.29 is 0 Å². The molecule has 0 bridgehead atoms. The van der Waals surface area contributed by atoms with E-state index in [9.17, 15) is 0 Å². The van der Waals surface area contributed by atoms with Crippen LogP contribution in [0.3, 0.4) is 0 Å². The Hall–Kier alpha value is -1.05. The van der Waals surface area contributed by atoms with Gasteiger partial charge in [-0.05, 0) is 24.6 Å². The molecule has 2 rings (SSSR count). The van der Waals surface area contributed by atoms with E-state index >= 15 is 0 Å². The highest BCUT2D eigenvalue weighted by atomic mass is 79.9. The van der Waals surface area contributed by atoms with E-state index in [1.54, 1.807) is 0 Å². The smallest absolute Gasteiger partial charge is 0.123 e. The maximum Gasteiger partial charge on any atom is 0.123 e.